The van der Waals surface area contributed by atoms with E-state index in [1.165, 1.54) is 12.1 Å². The minimum absolute atomic E-state index is 0.113. The molecule has 0 aliphatic carbocycles. The molecule has 0 amide bonds. The van der Waals surface area contributed by atoms with Crippen LogP contribution in [0.2, 0.25) is 0 Å². The third-order valence-electron chi connectivity index (χ3n) is 3.04. The minimum atomic E-state index is -0.384. The Morgan fingerprint density at radius 3 is 2.43 bits per heavy atom. The van der Waals surface area contributed by atoms with Gasteiger partial charge in [0.15, 0.2) is 0 Å². The predicted octanol–water partition coefficient (Wildman–Crippen LogP) is 4.37. The van der Waals surface area contributed by atoms with Gasteiger partial charge in [-0.2, -0.15) is 0 Å². The normalized spacial score (nSPS) is 10.8. The first-order valence-corrected chi connectivity index (χ1v) is 7.95. The Kier molecular flexibility index (Phi) is 5.38. The van der Waals surface area contributed by atoms with Gasteiger partial charge in [0.25, 0.3) is 5.69 Å². The van der Waals surface area contributed by atoms with Crippen molar-refractivity contribution in [2.75, 3.05) is 0 Å². The Labute approximate surface area is 128 Å². The number of benzene rings is 1. The van der Waals surface area contributed by atoms with E-state index in [0.29, 0.717) is 0 Å². The smallest absolute Gasteiger partial charge is 0.269 e. The second-order valence-electron chi connectivity index (χ2n) is 4.82. The summed E-state index contributed by atoms with van der Waals surface area (Å²) in [6.07, 6.45) is 4.02. The highest BCUT2D eigenvalue weighted by atomic mass is 32.2. The maximum absolute atomic E-state index is 10.7. The lowest BCUT2D eigenvalue weighted by Gasteiger charge is -2.01. The molecule has 2 rings (SSSR count). The Hall–Kier alpha value is -1.82. The van der Waals surface area contributed by atoms with Crippen LogP contribution in [0.15, 0.2) is 34.2 Å². The number of hydrogen-bond acceptors (Lipinski definition) is 4. The Bertz CT molecular complexity index is 608. The van der Waals surface area contributed by atoms with Gasteiger partial charge < -0.3 is 4.98 Å². The molecule has 0 saturated heterocycles. The molecule has 0 bridgehead atoms. The summed E-state index contributed by atoms with van der Waals surface area (Å²) < 4.78 is 0. The highest BCUT2D eigenvalue weighted by Gasteiger charge is 2.12. The van der Waals surface area contributed by atoms with Gasteiger partial charge in [0.1, 0.15) is 10.9 Å². The van der Waals surface area contributed by atoms with Gasteiger partial charge in [-0.25, -0.2) is 4.98 Å². The van der Waals surface area contributed by atoms with E-state index >= 15 is 0 Å². The molecule has 2 aromatic rings. The second-order valence-corrected chi connectivity index (χ2v) is 5.88. The van der Waals surface area contributed by atoms with Crippen LogP contribution in [-0.2, 0) is 12.8 Å². The van der Waals surface area contributed by atoms with Crippen molar-refractivity contribution in [2.24, 2.45) is 0 Å². The highest BCUT2D eigenvalue weighted by molar-refractivity contribution is 7.99. The number of imidazole rings is 1. The molecule has 1 heterocycles. The molecule has 5 nitrogen and oxygen atoms in total. The highest BCUT2D eigenvalue weighted by Crippen LogP contribution is 2.31. The van der Waals surface area contributed by atoms with Crippen LogP contribution >= 0.6 is 11.8 Å². The van der Waals surface area contributed by atoms with Crippen LogP contribution in [0.5, 0.6) is 0 Å². The Morgan fingerprint density at radius 1 is 1.19 bits per heavy atom. The summed E-state index contributed by atoms with van der Waals surface area (Å²) in [6, 6.07) is 6.60. The molecule has 21 heavy (non-hydrogen) atoms. The van der Waals surface area contributed by atoms with Gasteiger partial charge in [-0.3, -0.25) is 10.1 Å². The van der Waals surface area contributed by atoms with Gasteiger partial charge in [-0.1, -0.05) is 32.0 Å². The first-order chi connectivity index (χ1) is 10.1. The number of aromatic amines is 1. The molecule has 6 heteroatoms. The van der Waals surface area contributed by atoms with Crippen molar-refractivity contribution >= 4 is 17.4 Å². The lowest BCUT2D eigenvalue weighted by Crippen LogP contribution is -1.88. The third-order valence-corrected chi connectivity index (χ3v) is 4.08. The number of rotatable bonds is 7. The van der Waals surface area contributed by atoms with Crippen LogP contribution in [-0.4, -0.2) is 14.9 Å². The maximum atomic E-state index is 10.7. The van der Waals surface area contributed by atoms with Crippen molar-refractivity contribution in [2.45, 2.75) is 49.5 Å². The number of H-pyrrole nitrogens is 1. The topological polar surface area (TPSA) is 71.8 Å². The van der Waals surface area contributed by atoms with Crippen molar-refractivity contribution in [3.05, 3.63) is 45.9 Å². The molecule has 0 radical (unpaired) electrons. The van der Waals surface area contributed by atoms with Crippen molar-refractivity contribution in [1.82, 2.24) is 9.97 Å². The molecular weight excluding hydrogens is 286 g/mol. The zero-order chi connectivity index (χ0) is 15.2. The standard InChI is InChI=1S/C15H19N3O2S/c1-3-5-13-15(17-14(16-13)6-4-2)21-12-9-7-11(8-10-12)18(19)20/h7-10H,3-6H2,1-2H3,(H,16,17). The third kappa shape index (κ3) is 4.07. The van der Waals surface area contributed by atoms with E-state index in [1.54, 1.807) is 23.9 Å². The molecule has 0 spiro atoms. The largest absolute Gasteiger partial charge is 0.345 e. The Balaban J connectivity index is 2.18. The number of hydrogen-bond donors (Lipinski definition) is 1. The van der Waals surface area contributed by atoms with Crippen molar-refractivity contribution < 1.29 is 4.92 Å². The van der Waals surface area contributed by atoms with Gasteiger partial charge in [-0.05, 0) is 25.0 Å². The summed E-state index contributed by atoms with van der Waals surface area (Å²) in [5, 5.41) is 11.6. The SMILES string of the molecule is CCCc1nc(Sc2ccc([N+](=O)[O-])cc2)c(CCC)[nH]1. The number of aryl methyl sites for hydroxylation is 2. The predicted molar refractivity (Wildman–Crippen MR) is 83.8 cm³/mol. The monoisotopic (exact) mass is 305 g/mol. The fraction of sp³-hybridized carbons (Fsp3) is 0.400. The minimum Gasteiger partial charge on any atom is -0.345 e. The average Bonchev–Trinajstić information content (AvgIpc) is 2.82. The zero-order valence-electron chi connectivity index (χ0n) is 12.3. The number of non-ortho nitro benzene ring substituents is 1. The molecule has 0 aliphatic rings. The number of aromatic nitrogens is 2. The number of nitrogens with one attached hydrogen (secondary N) is 1. The molecule has 0 unspecified atom stereocenters. The van der Waals surface area contributed by atoms with E-state index in [2.05, 4.69) is 23.8 Å². The van der Waals surface area contributed by atoms with Gasteiger partial charge in [0.05, 0.1) is 4.92 Å². The fourth-order valence-corrected chi connectivity index (χ4v) is 2.98. The Morgan fingerprint density at radius 2 is 1.86 bits per heavy atom. The summed E-state index contributed by atoms with van der Waals surface area (Å²) in [6.45, 7) is 4.27. The quantitative estimate of drug-likeness (QED) is 0.609. The van der Waals surface area contributed by atoms with E-state index < -0.39 is 0 Å². The number of nitro groups is 1. The van der Waals surface area contributed by atoms with Crippen LogP contribution in [0.3, 0.4) is 0 Å². The molecule has 0 fully saturated rings. The molecule has 1 aromatic heterocycles. The van der Waals surface area contributed by atoms with E-state index in [-0.39, 0.29) is 10.6 Å². The molecule has 0 aliphatic heterocycles. The molecule has 1 N–H and O–H groups in total. The summed E-state index contributed by atoms with van der Waals surface area (Å²) >= 11 is 1.56. The van der Waals surface area contributed by atoms with Crippen molar-refractivity contribution in [1.29, 1.82) is 0 Å². The summed E-state index contributed by atoms with van der Waals surface area (Å²) in [7, 11) is 0. The summed E-state index contributed by atoms with van der Waals surface area (Å²) in [5.41, 5.74) is 1.27. The van der Waals surface area contributed by atoms with Crippen LogP contribution < -0.4 is 0 Å². The summed E-state index contributed by atoms with van der Waals surface area (Å²) in [4.78, 5) is 19.3. The zero-order valence-corrected chi connectivity index (χ0v) is 13.1. The van der Waals surface area contributed by atoms with E-state index in [9.17, 15) is 10.1 Å². The molecule has 1 aromatic carbocycles. The van der Waals surface area contributed by atoms with Gasteiger partial charge in [0, 0.05) is 29.1 Å². The van der Waals surface area contributed by atoms with E-state index in [1.807, 2.05) is 0 Å². The van der Waals surface area contributed by atoms with Crippen molar-refractivity contribution in [3.63, 3.8) is 0 Å². The molecule has 0 saturated carbocycles. The van der Waals surface area contributed by atoms with Gasteiger partial charge in [0.2, 0.25) is 0 Å². The maximum Gasteiger partial charge on any atom is 0.269 e. The van der Waals surface area contributed by atoms with Crippen LogP contribution in [0.25, 0.3) is 0 Å². The average molecular weight is 305 g/mol. The summed E-state index contributed by atoms with van der Waals surface area (Å²) in [5.74, 6) is 1.02. The van der Waals surface area contributed by atoms with Crippen LogP contribution in [0.1, 0.15) is 38.2 Å². The first-order valence-electron chi connectivity index (χ1n) is 7.14. The van der Waals surface area contributed by atoms with E-state index in [0.717, 1.165) is 47.1 Å². The van der Waals surface area contributed by atoms with Crippen molar-refractivity contribution in [3.8, 4) is 0 Å². The molecule has 112 valence electrons. The lowest BCUT2D eigenvalue weighted by atomic mass is 10.3. The first kappa shape index (κ1) is 15.6. The van der Waals surface area contributed by atoms with Gasteiger partial charge >= 0.3 is 0 Å². The van der Waals surface area contributed by atoms with Gasteiger partial charge in [-0.15, -0.1) is 0 Å². The molecule has 0 atom stereocenters. The number of nitro benzene ring substituents is 1. The number of nitrogens with zero attached hydrogens (tertiary/aromatic N) is 2. The molecular formula is C15H19N3O2S. The van der Waals surface area contributed by atoms with Crippen LogP contribution in [0, 0.1) is 10.1 Å². The fourth-order valence-electron chi connectivity index (χ4n) is 2.05. The second kappa shape index (κ2) is 7.26. The lowest BCUT2D eigenvalue weighted by molar-refractivity contribution is -0.384. The van der Waals surface area contributed by atoms with Crippen LogP contribution in [0.4, 0.5) is 5.69 Å². The van der Waals surface area contributed by atoms with E-state index in [4.69, 9.17) is 0 Å².